The van der Waals surface area contributed by atoms with Crippen LogP contribution in [0, 0.1) is 6.92 Å². The quantitative estimate of drug-likeness (QED) is 0.331. The van der Waals surface area contributed by atoms with E-state index in [1.807, 2.05) is 85.8 Å². The number of aryl methyl sites for hydroxylation is 1. The minimum Gasteiger partial charge on any atom is -0.268 e. The van der Waals surface area contributed by atoms with E-state index in [4.69, 9.17) is 16.6 Å². The Morgan fingerprint density at radius 2 is 1.66 bits per heavy atom. The van der Waals surface area contributed by atoms with Crippen LogP contribution in [-0.2, 0) is 0 Å². The summed E-state index contributed by atoms with van der Waals surface area (Å²) in [6.45, 7) is 2.04. The van der Waals surface area contributed by atoms with Crippen LogP contribution in [0.3, 0.4) is 0 Å². The van der Waals surface area contributed by atoms with Gasteiger partial charge in [-0.15, -0.1) is 10.2 Å². The van der Waals surface area contributed by atoms with E-state index in [0.29, 0.717) is 26.9 Å². The predicted octanol–water partition coefficient (Wildman–Crippen LogP) is 6.04. The Bertz CT molecular complexity index is 1500. The minimum absolute atomic E-state index is 0.182. The van der Waals surface area contributed by atoms with Gasteiger partial charge in [-0.3, -0.25) is 4.79 Å². The fraction of sp³-hybridized carbons (Fsp3) is 0.0400. The minimum atomic E-state index is -0.182. The molecule has 0 unspecified atom stereocenters. The number of nitrogens with zero attached hydrogens (tertiary/aromatic N) is 4. The van der Waals surface area contributed by atoms with Crippen LogP contribution in [0.2, 0.25) is 5.02 Å². The van der Waals surface area contributed by atoms with Gasteiger partial charge in [0.05, 0.1) is 10.9 Å². The fourth-order valence-electron chi connectivity index (χ4n) is 3.31. The molecule has 0 atom stereocenters. The first-order valence-corrected chi connectivity index (χ1v) is 11.1. The van der Waals surface area contributed by atoms with Crippen LogP contribution in [0.15, 0.2) is 77.6 Å². The molecule has 0 aliphatic heterocycles. The van der Waals surface area contributed by atoms with Gasteiger partial charge in [0.2, 0.25) is 5.13 Å². The van der Waals surface area contributed by atoms with Gasteiger partial charge in [0.1, 0.15) is 10.8 Å². The number of aromatic nitrogens is 4. The highest BCUT2D eigenvalue weighted by Gasteiger charge is 2.16. The van der Waals surface area contributed by atoms with Gasteiger partial charge in [-0.1, -0.05) is 83.1 Å². The molecular formula is C25H17ClN4OS. The molecule has 0 aliphatic rings. The van der Waals surface area contributed by atoms with Gasteiger partial charge in [-0.05, 0) is 42.8 Å². The second-order valence-electron chi connectivity index (χ2n) is 7.27. The summed E-state index contributed by atoms with van der Waals surface area (Å²) in [5.74, 6) is 0.482. The van der Waals surface area contributed by atoms with Crippen molar-refractivity contribution in [2.45, 2.75) is 6.92 Å². The third kappa shape index (κ3) is 3.98. The van der Waals surface area contributed by atoms with Crippen LogP contribution in [0.25, 0.3) is 38.8 Å². The van der Waals surface area contributed by atoms with Crippen molar-refractivity contribution in [2.75, 3.05) is 0 Å². The first kappa shape index (κ1) is 20.3. The first-order valence-electron chi connectivity index (χ1n) is 9.95. The van der Waals surface area contributed by atoms with E-state index in [-0.39, 0.29) is 5.56 Å². The molecular weight excluding hydrogens is 440 g/mol. The molecule has 0 fully saturated rings. The summed E-state index contributed by atoms with van der Waals surface area (Å²) in [7, 11) is 0. The van der Waals surface area contributed by atoms with E-state index in [1.165, 1.54) is 21.5 Å². The Balaban J connectivity index is 1.65. The van der Waals surface area contributed by atoms with Gasteiger partial charge in [-0.2, -0.15) is 0 Å². The average molecular weight is 457 g/mol. The van der Waals surface area contributed by atoms with Gasteiger partial charge in [0.25, 0.3) is 5.56 Å². The second kappa shape index (κ2) is 8.49. The molecule has 5 aromatic rings. The van der Waals surface area contributed by atoms with E-state index in [0.717, 1.165) is 16.1 Å². The normalized spacial score (nSPS) is 11.4. The summed E-state index contributed by atoms with van der Waals surface area (Å²) >= 11 is 7.34. The van der Waals surface area contributed by atoms with Crippen molar-refractivity contribution in [1.29, 1.82) is 0 Å². The molecule has 0 N–H and O–H groups in total. The molecule has 0 bridgehead atoms. The smallest absolute Gasteiger partial charge is 0.268 e. The third-order valence-corrected chi connectivity index (χ3v) is 6.21. The van der Waals surface area contributed by atoms with E-state index >= 15 is 0 Å². The maximum absolute atomic E-state index is 13.4. The molecule has 0 aliphatic carbocycles. The van der Waals surface area contributed by atoms with Crippen molar-refractivity contribution in [3.05, 3.63) is 105 Å². The number of halogens is 1. The Hall–Kier alpha value is -3.61. The number of fused-ring (bicyclic) bond motifs is 1. The van der Waals surface area contributed by atoms with Gasteiger partial charge >= 0.3 is 0 Å². The molecule has 0 amide bonds. The van der Waals surface area contributed by atoms with Crippen molar-refractivity contribution in [1.82, 2.24) is 19.7 Å². The van der Waals surface area contributed by atoms with Gasteiger partial charge in [0.15, 0.2) is 0 Å². The topological polar surface area (TPSA) is 60.7 Å². The predicted molar refractivity (Wildman–Crippen MR) is 131 cm³/mol. The van der Waals surface area contributed by atoms with Gasteiger partial charge < -0.3 is 0 Å². The molecule has 2 aromatic heterocycles. The summed E-state index contributed by atoms with van der Waals surface area (Å²) in [5, 5.41) is 11.1. The molecule has 0 saturated carbocycles. The molecule has 0 radical (unpaired) electrons. The van der Waals surface area contributed by atoms with Gasteiger partial charge in [-0.25, -0.2) is 9.55 Å². The summed E-state index contributed by atoms with van der Waals surface area (Å²) in [6.07, 6.45) is 3.70. The molecule has 7 heteroatoms. The summed E-state index contributed by atoms with van der Waals surface area (Å²) < 4.78 is 1.52. The largest absolute Gasteiger partial charge is 0.268 e. The SMILES string of the molecule is Cc1ccc(-c2nnc(-n3c(/C=C/c4ccc(Cl)cc4)nc4ccccc4c3=O)s2)cc1. The highest BCUT2D eigenvalue weighted by Crippen LogP contribution is 2.26. The van der Waals surface area contributed by atoms with Gasteiger partial charge in [0, 0.05) is 10.6 Å². The molecule has 156 valence electrons. The lowest BCUT2D eigenvalue weighted by atomic mass is 10.2. The summed E-state index contributed by atoms with van der Waals surface area (Å²) in [4.78, 5) is 18.1. The van der Waals surface area contributed by atoms with Crippen molar-refractivity contribution < 1.29 is 0 Å². The van der Waals surface area contributed by atoms with Crippen LogP contribution >= 0.6 is 22.9 Å². The van der Waals surface area contributed by atoms with Crippen molar-refractivity contribution in [3.63, 3.8) is 0 Å². The molecule has 0 spiro atoms. The Morgan fingerprint density at radius 1 is 0.906 bits per heavy atom. The number of hydrogen-bond acceptors (Lipinski definition) is 5. The average Bonchev–Trinajstić information content (AvgIpc) is 3.29. The van der Waals surface area contributed by atoms with Crippen molar-refractivity contribution >= 4 is 46.0 Å². The zero-order valence-electron chi connectivity index (χ0n) is 17.1. The molecule has 5 nitrogen and oxygen atoms in total. The van der Waals surface area contributed by atoms with Crippen molar-refractivity contribution in [2.24, 2.45) is 0 Å². The highest BCUT2D eigenvalue weighted by atomic mass is 35.5. The standard InChI is InChI=1S/C25H17ClN4OS/c1-16-6-11-18(12-7-16)23-28-29-25(32-23)30-22(15-10-17-8-13-19(26)14-9-17)27-21-5-3-2-4-20(21)24(30)31/h2-15H,1H3/b15-10+. The maximum atomic E-state index is 13.4. The Morgan fingerprint density at radius 3 is 2.44 bits per heavy atom. The van der Waals surface area contributed by atoms with Crippen LogP contribution in [0.1, 0.15) is 17.0 Å². The zero-order chi connectivity index (χ0) is 22.1. The monoisotopic (exact) mass is 456 g/mol. The van der Waals surface area contributed by atoms with E-state index < -0.39 is 0 Å². The fourth-order valence-corrected chi connectivity index (χ4v) is 4.29. The van der Waals surface area contributed by atoms with Crippen molar-refractivity contribution in [3.8, 4) is 15.7 Å². The van der Waals surface area contributed by atoms with E-state index in [9.17, 15) is 4.79 Å². The molecule has 32 heavy (non-hydrogen) atoms. The molecule has 2 heterocycles. The van der Waals surface area contributed by atoms with Crippen LogP contribution < -0.4 is 5.56 Å². The van der Waals surface area contributed by atoms with E-state index in [1.54, 1.807) is 6.07 Å². The summed E-state index contributed by atoms with van der Waals surface area (Å²) in [5.41, 5.74) is 3.52. The number of para-hydroxylation sites is 1. The second-order valence-corrected chi connectivity index (χ2v) is 8.66. The lowest BCUT2D eigenvalue weighted by Gasteiger charge is -2.07. The molecule has 0 saturated heterocycles. The van der Waals surface area contributed by atoms with Crippen LogP contribution in [0.4, 0.5) is 0 Å². The third-order valence-electron chi connectivity index (χ3n) is 5.00. The summed E-state index contributed by atoms with van der Waals surface area (Å²) in [6, 6.07) is 22.8. The lowest BCUT2D eigenvalue weighted by Crippen LogP contribution is -2.22. The highest BCUT2D eigenvalue weighted by molar-refractivity contribution is 7.17. The number of rotatable bonds is 4. The first-order chi connectivity index (χ1) is 15.6. The Kier molecular flexibility index (Phi) is 5.39. The number of hydrogen-bond donors (Lipinski definition) is 0. The zero-order valence-corrected chi connectivity index (χ0v) is 18.6. The molecule has 5 rings (SSSR count). The lowest BCUT2D eigenvalue weighted by molar-refractivity contribution is 0.899. The van der Waals surface area contributed by atoms with E-state index in [2.05, 4.69) is 10.2 Å². The Labute approximate surface area is 193 Å². The van der Waals surface area contributed by atoms with Crippen LogP contribution in [-0.4, -0.2) is 19.7 Å². The number of benzene rings is 3. The molecule has 3 aromatic carbocycles. The van der Waals surface area contributed by atoms with Crippen LogP contribution in [0.5, 0.6) is 0 Å². The maximum Gasteiger partial charge on any atom is 0.268 e.